The van der Waals surface area contributed by atoms with Crippen LogP contribution in [0.4, 0.5) is 4.79 Å². The van der Waals surface area contributed by atoms with Gasteiger partial charge in [0.15, 0.2) is 5.78 Å². The topological polar surface area (TPSA) is 87.1 Å². The van der Waals surface area contributed by atoms with Crippen molar-refractivity contribution >= 4 is 11.9 Å². The maximum Gasteiger partial charge on any atom is 0.409 e. The van der Waals surface area contributed by atoms with E-state index >= 15 is 0 Å². The molecule has 0 heterocycles. The van der Waals surface area contributed by atoms with Crippen molar-refractivity contribution in [1.82, 2.24) is 4.90 Å². The lowest BCUT2D eigenvalue weighted by Gasteiger charge is -2.58. The van der Waals surface area contributed by atoms with Crippen molar-refractivity contribution in [1.29, 1.82) is 0 Å². The zero-order valence-electron chi connectivity index (χ0n) is 30.7. The number of allylic oxidation sites excluding steroid dienone is 2. The third-order valence-corrected chi connectivity index (χ3v) is 14.6. The zero-order chi connectivity index (χ0) is 34.4. The number of fused-ring (bicyclic) bond motifs is 8. The Morgan fingerprint density at radius 1 is 0.939 bits per heavy atom. The molecule has 270 valence electrons. The summed E-state index contributed by atoms with van der Waals surface area (Å²) in [7, 11) is 0. The molecular formula is C43H63NO5. The van der Waals surface area contributed by atoms with Gasteiger partial charge in [-0.25, -0.2) is 4.79 Å². The number of aliphatic hydroxyl groups excluding tert-OH is 1. The molecule has 2 N–H and O–H groups in total. The summed E-state index contributed by atoms with van der Waals surface area (Å²) in [6.07, 6.45) is 19.5. The van der Waals surface area contributed by atoms with E-state index in [0.29, 0.717) is 32.4 Å². The lowest BCUT2D eigenvalue weighted by atomic mass is 9.49. The van der Waals surface area contributed by atoms with Crippen molar-refractivity contribution in [3.63, 3.8) is 0 Å². The summed E-state index contributed by atoms with van der Waals surface area (Å²) < 4.78 is 5.74. The van der Waals surface area contributed by atoms with Gasteiger partial charge in [-0.05, 0) is 156 Å². The number of carbonyl (C=O) groups excluding carboxylic acids is 2. The summed E-state index contributed by atoms with van der Waals surface area (Å²) >= 11 is 0. The Hall–Kier alpha value is -2.18. The van der Waals surface area contributed by atoms with E-state index in [1.807, 2.05) is 11.8 Å². The predicted molar refractivity (Wildman–Crippen MR) is 194 cm³/mol. The van der Waals surface area contributed by atoms with Gasteiger partial charge in [0.1, 0.15) is 0 Å². The Labute approximate surface area is 295 Å². The number of aliphatic hydroxyl groups is 2. The number of amides is 1. The molecule has 1 aromatic carbocycles. The summed E-state index contributed by atoms with van der Waals surface area (Å²) in [5.74, 6) is 2.63. The van der Waals surface area contributed by atoms with Crippen molar-refractivity contribution in [3.8, 4) is 0 Å². The molecule has 0 aliphatic heterocycles. The molecular weight excluding hydrogens is 610 g/mol. The Balaban J connectivity index is 1.25. The lowest BCUT2D eigenvalue weighted by Crippen LogP contribution is -2.58. The van der Waals surface area contributed by atoms with Crippen LogP contribution in [-0.4, -0.2) is 58.4 Å². The van der Waals surface area contributed by atoms with Crippen LogP contribution in [0.3, 0.4) is 0 Å². The minimum Gasteiger partial charge on any atom is -0.450 e. The Kier molecular flexibility index (Phi) is 10.1. The van der Waals surface area contributed by atoms with E-state index < -0.39 is 17.1 Å². The summed E-state index contributed by atoms with van der Waals surface area (Å²) in [4.78, 5) is 30.2. The summed E-state index contributed by atoms with van der Waals surface area (Å²) in [5, 5.41) is 24.1. The van der Waals surface area contributed by atoms with E-state index in [2.05, 4.69) is 38.1 Å². The maximum absolute atomic E-state index is 14.4. The minimum absolute atomic E-state index is 0.0146. The minimum atomic E-state index is -1.12. The number of carbonyl (C=O) groups is 2. The number of nitrogens with zero attached hydrogens (tertiary/aromatic N) is 1. The molecule has 6 fully saturated rings. The van der Waals surface area contributed by atoms with E-state index in [1.54, 1.807) is 0 Å². The van der Waals surface area contributed by atoms with Gasteiger partial charge in [0.2, 0.25) is 0 Å². The fraction of sp³-hybridized carbons (Fsp3) is 0.767. The first-order valence-electron chi connectivity index (χ1n) is 20.1. The van der Waals surface area contributed by atoms with Gasteiger partial charge in [0.25, 0.3) is 0 Å². The number of hydrogen-bond donors (Lipinski definition) is 2. The van der Waals surface area contributed by atoms with Gasteiger partial charge in [-0.15, -0.1) is 0 Å². The summed E-state index contributed by atoms with van der Waals surface area (Å²) in [6.45, 7) is 7.57. The first-order valence-corrected chi connectivity index (χ1v) is 20.1. The van der Waals surface area contributed by atoms with Gasteiger partial charge < -0.3 is 19.8 Å². The highest BCUT2D eigenvalue weighted by atomic mass is 16.6. The van der Waals surface area contributed by atoms with E-state index in [-0.39, 0.29) is 35.7 Å². The van der Waals surface area contributed by atoms with Crippen LogP contribution in [-0.2, 0) is 11.2 Å². The van der Waals surface area contributed by atoms with E-state index in [0.717, 1.165) is 85.8 Å². The van der Waals surface area contributed by atoms with Crippen LogP contribution in [0.15, 0.2) is 29.8 Å². The van der Waals surface area contributed by atoms with Crippen molar-refractivity contribution in [2.24, 2.45) is 34.5 Å². The molecule has 0 saturated heterocycles. The highest BCUT2D eigenvalue weighted by molar-refractivity contribution is 5.99. The highest BCUT2D eigenvalue weighted by Crippen LogP contribution is 2.62. The van der Waals surface area contributed by atoms with E-state index in [9.17, 15) is 19.8 Å². The molecule has 0 aromatic heterocycles. The third-order valence-electron chi connectivity index (χ3n) is 14.6. The van der Waals surface area contributed by atoms with Gasteiger partial charge in [-0.1, -0.05) is 50.0 Å². The molecule has 4 atom stereocenters. The van der Waals surface area contributed by atoms with Crippen molar-refractivity contribution < 1.29 is 24.5 Å². The maximum atomic E-state index is 14.4. The lowest BCUT2D eigenvalue weighted by molar-refractivity contribution is -0.103. The normalized spacial score (nSPS) is 37.7. The first kappa shape index (κ1) is 35.2. The van der Waals surface area contributed by atoms with Crippen LogP contribution in [0.5, 0.6) is 0 Å². The predicted octanol–water partition coefficient (Wildman–Crippen LogP) is 9.16. The van der Waals surface area contributed by atoms with Crippen molar-refractivity contribution in [2.75, 3.05) is 19.7 Å². The molecule has 1 aromatic rings. The molecule has 4 unspecified atom stereocenters. The highest BCUT2D eigenvalue weighted by Gasteiger charge is 2.59. The molecule has 8 aliphatic rings. The zero-order valence-corrected chi connectivity index (χ0v) is 30.7. The third kappa shape index (κ3) is 7.04. The van der Waals surface area contributed by atoms with Crippen LogP contribution in [0.25, 0.3) is 0 Å². The van der Waals surface area contributed by atoms with Crippen LogP contribution in [0, 0.1) is 34.5 Å². The van der Waals surface area contributed by atoms with Gasteiger partial charge >= 0.3 is 6.09 Å². The standard InChI is InChI=1S/C43H63NO5/c1-4-49-40(47)44(27-42-24-31-19-32(25-42)21-33(20-31)26-42)28-43(48)18-16-38-36-15-13-30(23-37(36)39(46)34-10-6-5-7-11-34)22-35(45)14-12-29(2)9-8-17-41(38,43)3/h9,13,15,23,31-35,38,45,48H,4-8,10-12,14,16-22,24-28H2,1-3H3. The van der Waals surface area contributed by atoms with Crippen molar-refractivity contribution in [3.05, 3.63) is 46.5 Å². The molecule has 1 amide bonds. The van der Waals surface area contributed by atoms with E-state index in [1.165, 1.54) is 50.5 Å². The summed E-state index contributed by atoms with van der Waals surface area (Å²) in [5.41, 5.74) is 2.64. The monoisotopic (exact) mass is 673 g/mol. The smallest absolute Gasteiger partial charge is 0.409 e. The largest absolute Gasteiger partial charge is 0.450 e. The average Bonchev–Trinajstić information content (AvgIpc) is 3.31. The molecule has 6 nitrogen and oxygen atoms in total. The fourth-order valence-corrected chi connectivity index (χ4v) is 12.4. The molecule has 49 heavy (non-hydrogen) atoms. The van der Waals surface area contributed by atoms with Gasteiger partial charge in [-0.3, -0.25) is 4.79 Å². The van der Waals surface area contributed by atoms with Crippen LogP contribution >= 0.6 is 0 Å². The SMILES string of the molecule is CCOC(=O)N(CC12CC3CC(CC(C3)C1)C2)CC1(O)CCC2c3ccc(cc3C(=O)C3CCCCC3)CC(O)CCC(C)=CCCC21C. The van der Waals surface area contributed by atoms with Gasteiger partial charge in [0.05, 0.1) is 24.9 Å². The summed E-state index contributed by atoms with van der Waals surface area (Å²) in [6, 6.07) is 6.39. The quantitative estimate of drug-likeness (QED) is 0.223. The second-order valence-corrected chi connectivity index (χ2v) is 18.1. The van der Waals surface area contributed by atoms with Gasteiger partial charge in [0, 0.05) is 23.4 Å². The molecule has 0 spiro atoms. The number of hydrogen-bond acceptors (Lipinski definition) is 5. The number of Topliss-reactive ketones (excluding diaryl/α,β-unsaturated/α-hetero) is 1. The molecule has 6 heteroatoms. The van der Waals surface area contributed by atoms with Crippen molar-refractivity contribution in [2.45, 2.75) is 154 Å². The number of benzene rings is 1. The average molecular weight is 674 g/mol. The van der Waals surface area contributed by atoms with Crippen LogP contribution < -0.4 is 0 Å². The molecule has 0 radical (unpaired) electrons. The molecule has 6 bridgehead atoms. The first-order chi connectivity index (χ1) is 23.5. The van der Waals surface area contributed by atoms with Gasteiger partial charge in [-0.2, -0.15) is 0 Å². The Morgan fingerprint density at radius 3 is 2.31 bits per heavy atom. The van der Waals surface area contributed by atoms with Crippen LogP contribution in [0.1, 0.15) is 157 Å². The number of ether oxygens (including phenoxy) is 1. The Bertz CT molecular complexity index is 1380. The Morgan fingerprint density at radius 2 is 1.63 bits per heavy atom. The number of ketones is 1. The van der Waals surface area contributed by atoms with Crippen LogP contribution in [0.2, 0.25) is 0 Å². The number of rotatable bonds is 7. The molecule has 9 rings (SSSR count). The second-order valence-electron chi connectivity index (χ2n) is 18.1. The second kappa shape index (κ2) is 14.1. The molecule has 6 saturated carbocycles. The fourth-order valence-electron chi connectivity index (χ4n) is 12.4. The molecule has 8 aliphatic carbocycles. The van der Waals surface area contributed by atoms with E-state index in [4.69, 9.17) is 4.74 Å².